The van der Waals surface area contributed by atoms with Crippen molar-refractivity contribution in [3.05, 3.63) is 0 Å². The van der Waals surface area contributed by atoms with Crippen molar-refractivity contribution in [2.45, 2.75) is 70.9 Å². The van der Waals surface area contributed by atoms with E-state index >= 15 is 0 Å². The van der Waals surface area contributed by atoms with Crippen molar-refractivity contribution in [1.82, 2.24) is 4.90 Å². The largest absolute Gasteiger partial charge is 0.329 e. The summed E-state index contributed by atoms with van der Waals surface area (Å²) in [5.41, 5.74) is 6.08. The maximum Gasteiger partial charge on any atom is 0.0249 e. The van der Waals surface area contributed by atoms with Crippen LogP contribution in [0.15, 0.2) is 0 Å². The van der Waals surface area contributed by atoms with Crippen molar-refractivity contribution in [1.29, 1.82) is 0 Å². The van der Waals surface area contributed by atoms with Crippen LogP contribution in [0.2, 0.25) is 0 Å². The van der Waals surface area contributed by atoms with Crippen LogP contribution >= 0.6 is 0 Å². The van der Waals surface area contributed by atoms with Gasteiger partial charge in [0.05, 0.1) is 0 Å². The van der Waals surface area contributed by atoms with Gasteiger partial charge in [-0.25, -0.2) is 0 Å². The summed E-state index contributed by atoms with van der Waals surface area (Å²) in [4.78, 5) is 2.79. The van der Waals surface area contributed by atoms with Crippen molar-refractivity contribution in [2.75, 3.05) is 13.1 Å². The summed E-state index contributed by atoms with van der Waals surface area (Å²) in [5, 5.41) is 0. The van der Waals surface area contributed by atoms with E-state index in [1.54, 1.807) is 0 Å². The lowest BCUT2D eigenvalue weighted by atomic mass is 9.84. The average molecular weight is 238 g/mol. The van der Waals surface area contributed by atoms with Gasteiger partial charge in [0.15, 0.2) is 0 Å². The Balaban J connectivity index is 2.03. The molecule has 1 saturated carbocycles. The van der Waals surface area contributed by atoms with Gasteiger partial charge in [-0.2, -0.15) is 0 Å². The number of hydrogen-bond acceptors (Lipinski definition) is 2. The molecule has 0 spiro atoms. The SMILES string of the molecule is CCC(CC)C(CN)N1CCC2CCCCC21. The zero-order valence-corrected chi connectivity index (χ0v) is 11.7. The van der Waals surface area contributed by atoms with Crippen molar-refractivity contribution in [3.8, 4) is 0 Å². The van der Waals surface area contributed by atoms with Gasteiger partial charge in [-0.15, -0.1) is 0 Å². The maximum atomic E-state index is 6.08. The molecule has 2 nitrogen and oxygen atoms in total. The van der Waals surface area contributed by atoms with Crippen LogP contribution in [0.5, 0.6) is 0 Å². The van der Waals surface area contributed by atoms with Crippen LogP contribution in [0.1, 0.15) is 58.8 Å². The number of rotatable bonds is 5. The Kier molecular flexibility index (Phi) is 4.87. The van der Waals surface area contributed by atoms with E-state index in [4.69, 9.17) is 5.73 Å². The summed E-state index contributed by atoms with van der Waals surface area (Å²) < 4.78 is 0. The first-order chi connectivity index (χ1) is 8.31. The predicted octanol–water partition coefficient (Wildman–Crippen LogP) is 3.01. The predicted molar refractivity (Wildman–Crippen MR) is 74.0 cm³/mol. The highest BCUT2D eigenvalue weighted by molar-refractivity contribution is 4.94. The topological polar surface area (TPSA) is 29.3 Å². The molecule has 17 heavy (non-hydrogen) atoms. The average Bonchev–Trinajstić information content (AvgIpc) is 2.79. The molecule has 0 aromatic carbocycles. The summed E-state index contributed by atoms with van der Waals surface area (Å²) in [5.74, 6) is 1.80. The molecule has 2 heteroatoms. The minimum Gasteiger partial charge on any atom is -0.329 e. The molecule has 1 aliphatic heterocycles. The first-order valence-electron chi connectivity index (χ1n) is 7.77. The van der Waals surface area contributed by atoms with E-state index in [9.17, 15) is 0 Å². The van der Waals surface area contributed by atoms with Gasteiger partial charge in [0.2, 0.25) is 0 Å². The van der Waals surface area contributed by atoms with E-state index in [0.29, 0.717) is 6.04 Å². The fourth-order valence-electron chi connectivity index (χ4n) is 4.29. The van der Waals surface area contributed by atoms with Gasteiger partial charge in [0, 0.05) is 18.6 Å². The Hall–Kier alpha value is -0.0800. The molecule has 0 bridgehead atoms. The van der Waals surface area contributed by atoms with Gasteiger partial charge < -0.3 is 5.73 Å². The van der Waals surface area contributed by atoms with Crippen molar-refractivity contribution in [2.24, 2.45) is 17.6 Å². The standard InChI is InChI=1S/C15H30N2/c1-3-12(4-2)15(11-16)17-10-9-13-7-5-6-8-14(13)17/h12-15H,3-11,16H2,1-2H3. The highest BCUT2D eigenvalue weighted by Crippen LogP contribution is 2.38. The number of nitrogens with two attached hydrogens (primary N) is 1. The van der Waals surface area contributed by atoms with Crippen LogP contribution < -0.4 is 5.73 Å². The van der Waals surface area contributed by atoms with E-state index < -0.39 is 0 Å². The highest BCUT2D eigenvalue weighted by Gasteiger charge is 2.40. The summed E-state index contributed by atoms with van der Waals surface area (Å²) in [6.45, 7) is 6.82. The summed E-state index contributed by atoms with van der Waals surface area (Å²) in [6.07, 6.45) is 9.81. The van der Waals surface area contributed by atoms with E-state index in [0.717, 1.165) is 24.4 Å². The van der Waals surface area contributed by atoms with Gasteiger partial charge >= 0.3 is 0 Å². The Morgan fingerprint density at radius 3 is 2.47 bits per heavy atom. The lowest BCUT2D eigenvalue weighted by molar-refractivity contribution is 0.0949. The Morgan fingerprint density at radius 1 is 1.12 bits per heavy atom. The number of likely N-dealkylation sites (tertiary alicyclic amines) is 1. The fraction of sp³-hybridized carbons (Fsp3) is 1.00. The Morgan fingerprint density at radius 2 is 1.82 bits per heavy atom. The molecule has 100 valence electrons. The molecule has 2 N–H and O–H groups in total. The van der Waals surface area contributed by atoms with Gasteiger partial charge in [0.25, 0.3) is 0 Å². The lowest BCUT2D eigenvalue weighted by Crippen LogP contribution is -2.49. The smallest absolute Gasteiger partial charge is 0.0249 e. The molecule has 1 aliphatic carbocycles. The lowest BCUT2D eigenvalue weighted by Gasteiger charge is -2.40. The van der Waals surface area contributed by atoms with Gasteiger partial charge in [-0.05, 0) is 37.6 Å². The number of nitrogens with zero attached hydrogens (tertiary/aromatic N) is 1. The van der Waals surface area contributed by atoms with E-state index in [-0.39, 0.29) is 0 Å². The Labute approximate surface area is 107 Å². The summed E-state index contributed by atoms with van der Waals surface area (Å²) >= 11 is 0. The van der Waals surface area contributed by atoms with Crippen molar-refractivity contribution in [3.63, 3.8) is 0 Å². The maximum absolute atomic E-state index is 6.08. The number of hydrogen-bond donors (Lipinski definition) is 1. The molecule has 0 aromatic rings. The van der Waals surface area contributed by atoms with Crippen LogP contribution in [0, 0.1) is 11.8 Å². The minimum absolute atomic E-state index is 0.651. The van der Waals surface area contributed by atoms with Crippen LogP contribution in [0.25, 0.3) is 0 Å². The molecular weight excluding hydrogens is 208 g/mol. The second-order valence-electron chi connectivity index (χ2n) is 6.02. The van der Waals surface area contributed by atoms with E-state index in [1.165, 1.54) is 51.5 Å². The first kappa shape index (κ1) is 13.4. The molecule has 2 rings (SSSR count). The molecule has 0 radical (unpaired) electrons. The quantitative estimate of drug-likeness (QED) is 0.798. The molecule has 0 aromatic heterocycles. The second-order valence-corrected chi connectivity index (χ2v) is 6.02. The van der Waals surface area contributed by atoms with Crippen molar-refractivity contribution < 1.29 is 0 Å². The third-order valence-corrected chi connectivity index (χ3v) is 5.31. The zero-order chi connectivity index (χ0) is 12.3. The number of fused-ring (bicyclic) bond motifs is 1. The summed E-state index contributed by atoms with van der Waals surface area (Å²) in [7, 11) is 0. The van der Waals surface area contributed by atoms with Gasteiger partial charge in [0.1, 0.15) is 0 Å². The molecule has 0 amide bonds. The van der Waals surface area contributed by atoms with E-state index in [2.05, 4.69) is 18.7 Å². The minimum atomic E-state index is 0.651. The first-order valence-corrected chi connectivity index (χ1v) is 7.77. The van der Waals surface area contributed by atoms with E-state index in [1.807, 2.05) is 0 Å². The molecule has 2 fully saturated rings. The third kappa shape index (κ3) is 2.68. The highest BCUT2D eigenvalue weighted by atomic mass is 15.2. The molecule has 2 aliphatic rings. The third-order valence-electron chi connectivity index (χ3n) is 5.31. The second kappa shape index (κ2) is 6.19. The molecular formula is C15H30N2. The summed E-state index contributed by atoms with van der Waals surface area (Å²) in [6, 6.07) is 1.52. The van der Waals surface area contributed by atoms with Crippen molar-refractivity contribution >= 4 is 0 Å². The van der Waals surface area contributed by atoms with Crippen LogP contribution in [-0.4, -0.2) is 30.1 Å². The monoisotopic (exact) mass is 238 g/mol. The van der Waals surface area contributed by atoms with Crippen LogP contribution in [0.4, 0.5) is 0 Å². The molecule has 3 unspecified atom stereocenters. The molecule has 3 atom stereocenters. The van der Waals surface area contributed by atoms with Gasteiger partial charge in [-0.3, -0.25) is 4.90 Å². The van der Waals surface area contributed by atoms with Crippen LogP contribution in [0.3, 0.4) is 0 Å². The zero-order valence-electron chi connectivity index (χ0n) is 11.7. The molecule has 1 heterocycles. The fourth-order valence-corrected chi connectivity index (χ4v) is 4.29. The molecule has 1 saturated heterocycles. The Bertz CT molecular complexity index is 225. The normalized spacial score (nSPS) is 31.8. The van der Waals surface area contributed by atoms with Crippen LogP contribution in [-0.2, 0) is 0 Å². The van der Waals surface area contributed by atoms with Gasteiger partial charge in [-0.1, -0.05) is 39.5 Å².